The zero-order valence-corrected chi connectivity index (χ0v) is 17.4. The molecule has 2 aromatic rings. The van der Waals surface area contributed by atoms with Crippen LogP contribution < -0.4 is 5.30 Å². The molecule has 0 unspecified atom stereocenters. The van der Waals surface area contributed by atoms with Crippen LogP contribution in [-0.4, -0.2) is 40.9 Å². The Bertz CT molecular complexity index is 814. The van der Waals surface area contributed by atoms with Crippen molar-refractivity contribution in [1.82, 2.24) is 9.57 Å². The summed E-state index contributed by atoms with van der Waals surface area (Å²) >= 11 is 0. The van der Waals surface area contributed by atoms with Gasteiger partial charge in [0, 0.05) is 24.0 Å². The van der Waals surface area contributed by atoms with Gasteiger partial charge < -0.3 is 5.11 Å². The van der Waals surface area contributed by atoms with Crippen LogP contribution in [-0.2, 0) is 4.57 Å². The molecule has 4 nitrogen and oxygen atoms in total. The number of hydrogen-bond acceptors (Lipinski definition) is 3. The van der Waals surface area contributed by atoms with Crippen LogP contribution in [0.15, 0.2) is 54.6 Å². The van der Waals surface area contributed by atoms with Crippen LogP contribution in [0, 0.1) is 0 Å². The highest BCUT2D eigenvalue weighted by Crippen LogP contribution is 2.64. The van der Waals surface area contributed by atoms with E-state index in [-0.39, 0.29) is 11.5 Å². The van der Waals surface area contributed by atoms with E-state index in [4.69, 9.17) is 0 Å². The second-order valence-corrected chi connectivity index (χ2v) is 10.8. The molecule has 2 aliphatic rings. The first-order valence-corrected chi connectivity index (χ1v) is 12.4. The van der Waals surface area contributed by atoms with Crippen LogP contribution in [0.25, 0.3) is 0 Å². The second-order valence-electron chi connectivity index (χ2n) is 8.00. The van der Waals surface area contributed by atoms with Crippen LogP contribution in [0.2, 0.25) is 0 Å². The summed E-state index contributed by atoms with van der Waals surface area (Å²) in [5, 5.41) is 11.7. The van der Waals surface area contributed by atoms with Gasteiger partial charge in [-0.1, -0.05) is 61.4 Å². The number of benzene rings is 2. The maximum Gasteiger partial charge on any atom is 0.199 e. The zero-order valence-electron chi connectivity index (χ0n) is 16.5. The predicted octanol–water partition coefficient (Wildman–Crippen LogP) is 4.97. The summed E-state index contributed by atoms with van der Waals surface area (Å²) in [7, 11) is -2.98. The highest BCUT2D eigenvalue weighted by Gasteiger charge is 2.45. The molecule has 5 heteroatoms. The van der Waals surface area contributed by atoms with E-state index in [0.29, 0.717) is 0 Å². The zero-order chi connectivity index (χ0) is 19.4. The standard InChI is InChI=1S/C23H31N2O2P/c26-22-15-7-6-14-21(22)23(24-16-8-2-9-17-24)28(27,20-12-4-1-5-13-20)25-18-10-3-11-19-25/h1,4-7,12-15,23,26H,2-3,8-11,16-19H2/t23-,28+/m0/s1. The average Bonchev–Trinajstić information content (AvgIpc) is 2.77. The molecule has 4 rings (SSSR count). The van der Waals surface area contributed by atoms with Crippen molar-refractivity contribution in [2.75, 3.05) is 26.2 Å². The molecule has 1 N–H and O–H groups in total. The molecule has 0 saturated carbocycles. The molecule has 0 aromatic heterocycles. The first-order valence-electron chi connectivity index (χ1n) is 10.6. The molecule has 150 valence electrons. The Hall–Kier alpha value is -1.61. The summed E-state index contributed by atoms with van der Waals surface area (Å²) in [6.07, 6.45) is 6.85. The number of phenolic OH excluding ortho intramolecular Hbond substituents is 1. The van der Waals surface area contributed by atoms with Crippen molar-refractivity contribution in [2.45, 2.75) is 44.3 Å². The fourth-order valence-electron chi connectivity index (χ4n) is 4.75. The lowest BCUT2D eigenvalue weighted by Crippen LogP contribution is -2.41. The summed E-state index contributed by atoms with van der Waals surface area (Å²) in [4.78, 5) is 2.38. The van der Waals surface area contributed by atoms with Crippen LogP contribution in [0.3, 0.4) is 0 Å². The smallest absolute Gasteiger partial charge is 0.199 e. The van der Waals surface area contributed by atoms with E-state index in [0.717, 1.165) is 62.7 Å². The number of aromatic hydroxyl groups is 1. The summed E-state index contributed by atoms with van der Waals surface area (Å²) in [6.45, 7) is 3.60. The average molecular weight is 398 g/mol. The molecule has 2 fully saturated rings. The molecular weight excluding hydrogens is 367 g/mol. The lowest BCUT2D eigenvalue weighted by Gasteiger charge is -2.45. The van der Waals surface area contributed by atoms with Crippen molar-refractivity contribution in [3.05, 3.63) is 60.2 Å². The third-order valence-corrected chi connectivity index (χ3v) is 9.71. The molecule has 28 heavy (non-hydrogen) atoms. The van der Waals surface area contributed by atoms with Crippen molar-refractivity contribution in [2.24, 2.45) is 0 Å². The first-order chi connectivity index (χ1) is 13.7. The summed E-state index contributed by atoms with van der Waals surface area (Å²) in [5.41, 5.74) is 0.808. The van der Waals surface area contributed by atoms with E-state index in [1.165, 1.54) is 12.8 Å². The summed E-state index contributed by atoms with van der Waals surface area (Å²) < 4.78 is 17.3. The number of phenols is 1. The van der Waals surface area contributed by atoms with Crippen LogP contribution in [0.1, 0.15) is 49.9 Å². The fourth-order valence-corrected chi connectivity index (χ4v) is 8.41. The minimum absolute atomic E-state index is 0.256. The van der Waals surface area contributed by atoms with E-state index in [2.05, 4.69) is 9.57 Å². The van der Waals surface area contributed by atoms with E-state index in [9.17, 15) is 5.11 Å². The van der Waals surface area contributed by atoms with Gasteiger partial charge in [0.15, 0.2) is 7.29 Å². The molecule has 2 aliphatic heterocycles. The molecule has 0 bridgehead atoms. The van der Waals surface area contributed by atoms with Crippen LogP contribution in [0.5, 0.6) is 5.75 Å². The highest BCUT2D eigenvalue weighted by molar-refractivity contribution is 7.69. The normalized spacial score (nSPS) is 22.4. The molecule has 2 saturated heterocycles. The van der Waals surface area contributed by atoms with Crippen molar-refractivity contribution in [1.29, 1.82) is 0 Å². The predicted molar refractivity (Wildman–Crippen MR) is 115 cm³/mol. The first kappa shape index (κ1) is 19.7. The Morgan fingerprint density at radius 3 is 1.96 bits per heavy atom. The molecule has 0 amide bonds. The number of hydrogen-bond donors (Lipinski definition) is 1. The van der Waals surface area contributed by atoms with Crippen molar-refractivity contribution in [3.63, 3.8) is 0 Å². The molecule has 0 aliphatic carbocycles. The Labute approximate surface area is 168 Å². The Balaban J connectivity index is 1.88. The quantitative estimate of drug-likeness (QED) is 0.723. The van der Waals surface area contributed by atoms with E-state index < -0.39 is 7.29 Å². The third-order valence-electron chi connectivity index (χ3n) is 6.16. The monoisotopic (exact) mass is 398 g/mol. The number of likely N-dealkylation sites (tertiary alicyclic amines) is 1. The second kappa shape index (κ2) is 8.82. The Morgan fingerprint density at radius 2 is 1.32 bits per heavy atom. The van der Waals surface area contributed by atoms with Gasteiger partial charge in [-0.2, -0.15) is 0 Å². The van der Waals surface area contributed by atoms with Gasteiger partial charge in [-0.3, -0.25) is 9.46 Å². The van der Waals surface area contributed by atoms with Crippen LogP contribution >= 0.6 is 7.29 Å². The number of piperidine rings is 2. The van der Waals surface area contributed by atoms with Gasteiger partial charge in [0.2, 0.25) is 0 Å². The lowest BCUT2D eigenvalue weighted by atomic mass is 10.1. The van der Waals surface area contributed by atoms with Gasteiger partial charge in [0.1, 0.15) is 11.5 Å². The Morgan fingerprint density at radius 1 is 0.750 bits per heavy atom. The maximum absolute atomic E-state index is 15.1. The van der Waals surface area contributed by atoms with Gasteiger partial charge >= 0.3 is 0 Å². The van der Waals surface area contributed by atoms with Gasteiger partial charge in [-0.05, 0) is 44.8 Å². The van der Waals surface area contributed by atoms with Gasteiger partial charge in [-0.15, -0.1) is 0 Å². The summed E-state index contributed by atoms with van der Waals surface area (Å²) in [6, 6.07) is 17.5. The topological polar surface area (TPSA) is 43.8 Å². The molecule has 0 radical (unpaired) electrons. The van der Waals surface area contributed by atoms with Crippen molar-refractivity contribution < 1.29 is 9.67 Å². The van der Waals surface area contributed by atoms with E-state index >= 15 is 4.57 Å². The molecule has 2 heterocycles. The Kier molecular flexibility index (Phi) is 6.20. The van der Waals surface area contributed by atoms with Crippen molar-refractivity contribution >= 4 is 12.6 Å². The van der Waals surface area contributed by atoms with E-state index in [1.807, 2.05) is 48.5 Å². The van der Waals surface area contributed by atoms with Gasteiger partial charge in [0.25, 0.3) is 0 Å². The van der Waals surface area contributed by atoms with Gasteiger partial charge in [0.05, 0.1) is 0 Å². The van der Waals surface area contributed by atoms with Crippen molar-refractivity contribution in [3.8, 4) is 5.75 Å². The fraction of sp³-hybridized carbons (Fsp3) is 0.478. The lowest BCUT2D eigenvalue weighted by molar-refractivity contribution is 0.196. The van der Waals surface area contributed by atoms with Crippen LogP contribution in [0.4, 0.5) is 0 Å². The number of para-hydroxylation sites is 1. The minimum atomic E-state index is -2.98. The van der Waals surface area contributed by atoms with E-state index in [1.54, 1.807) is 6.07 Å². The molecule has 0 spiro atoms. The van der Waals surface area contributed by atoms with Gasteiger partial charge in [-0.25, -0.2) is 4.67 Å². The molecular formula is C23H31N2O2P. The number of rotatable bonds is 5. The largest absolute Gasteiger partial charge is 0.508 e. The highest BCUT2D eigenvalue weighted by atomic mass is 31.2. The molecule has 2 aromatic carbocycles. The maximum atomic E-state index is 15.1. The SMILES string of the molecule is O=[P@](c1ccccc1)([C@@H](c1ccccc1O)N1CCCCC1)N1CCCCC1. The summed E-state index contributed by atoms with van der Waals surface area (Å²) in [5.74, 6) is -0.0410. The number of nitrogens with zero attached hydrogens (tertiary/aromatic N) is 2. The minimum Gasteiger partial charge on any atom is -0.508 e. The molecule has 2 atom stereocenters. The third kappa shape index (κ3) is 3.78.